The number of nitrogens with one attached hydrogen (secondary N) is 1. The van der Waals surface area contributed by atoms with E-state index in [1.165, 1.54) is 6.07 Å². The molecular weight excluding hydrogens is 305 g/mol. The van der Waals surface area contributed by atoms with Crippen LogP contribution >= 0.6 is 23.4 Å². The van der Waals surface area contributed by atoms with Crippen LogP contribution in [0.5, 0.6) is 0 Å². The van der Waals surface area contributed by atoms with Gasteiger partial charge < -0.3 is 5.32 Å². The van der Waals surface area contributed by atoms with E-state index < -0.39 is 0 Å². The molecule has 0 bridgehead atoms. The Labute approximate surface area is 133 Å². The standard InChI is InChI=1S/C17H17ClFNS/c1-11(12-5-2-3-7-14(12)18)20-16-9-10-21-17-13(16)6-4-8-15(17)19/h2-8,11,16,20H,9-10H2,1H3/t11-,16?/m1/s1. The molecular formula is C17H17ClFNS. The molecule has 1 nitrogen and oxygen atoms in total. The van der Waals surface area contributed by atoms with E-state index in [2.05, 4.69) is 12.2 Å². The Kier molecular flexibility index (Phi) is 4.53. The van der Waals surface area contributed by atoms with Gasteiger partial charge in [-0.2, -0.15) is 0 Å². The predicted octanol–water partition coefficient (Wildman–Crippen LogP) is 5.37. The van der Waals surface area contributed by atoms with Gasteiger partial charge in [-0.25, -0.2) is 4.39 Å². The second-order valence-electron chi connectivity index (χ2n) is 5.26. The Morgan fingerprint density at radius 1 is 1.24 bits per heavy atom. The average molecular weight is 322 g/mol. The Hall–Kier alpha value is -1.03. The zero-order valence-corrected chi connectivity index (χ0v) is 13.3. The molecule has 21 heavy (non-hydrogen) atoms. The van der Waals surface area contributed by atoms with E-state index in [9.17, 15) is 4.39 Å². The van der Waals surface area contributed by atoms with Gasteiger partial charge in [-0.1, -0.05) is 41.9 Å². The zero-order chi connectivity index (χ0) is 14.8. The molecule has 1 aliphatic heterocycles. The molecule has 0 spiro atoms. The number of thioether (sulfide) groups is 1. The highest BCUT2D eigenvalue weighted by Crippen LogP contribution is 2.39. The lowest BCUT2D eigenvalue weighted by Crippen LogP contribution is -2.27. The fraction of sp³-hybridized carbons (Fsp3) is 0.294. The van der Waals surface area contributed by atoms with E-state index >= 15 is 0 Å². The van der Waals surface area contributed by atoms with Gasteiger partial charge >= 0.3 is 0 Å². The third-order valence-corrected chi connectivity index (χ3v) is 5.35. The Morgan fingerprint density at radius 2 is 2.05 bits per heavy atom. The van der Waals surface area contributed by atoms with Gasteiger partial charge in [0.2, 0.25) is 0 Å². The second-order valence-corrected chi connectivity index (χ2v) is 6.77. The van der Waals surface area contributed by atoms with Crippen LogP contribution in [0.3, 0.4) is 0 Å². The summed E-state index contributed by atoms with van der Waals surface area (Å²) in [6, 6.07) is 13.5. The fourth-order valence-corrected chi connectivity index (χ4v) is 4.22. The lowest BCUT2D eigenvalue weighted by Gasteiger charge is -2.29. The SMILES string of the molecule is C[C@@H](NC1CCSc2c(F)cccc21)c1ccccc1Cl. The topological polar surface area (TPSA) is 12.0 Å². The number of halogens is 2. The molecule has 0 aliphatic carbocycles. The summed E-state index contributed by atoms with van der Waals surface area (Å²) in [7, 11) is 0. The first-order valence-electron chi connectivity index (χ1n) is 7.08. The molecule has 0 radical (unpaired) electrons. The number of hydrogen-bond acceptors (Lipinski definition) is 2. The van der Waals surface area contributed by atoms with Crippen molar-refractivity contribution in [3.8, 4) is 0 Å². The first-order chi connectivity index (χ1) is 10.2. The summed E-state index contributed by atoms with van der Waals surface area (Å²) in [6.07, 6.45) is 0.996. The Morgan fingerprint density at radius 3 is 2.86 bits per heavy atom. The summed E-state index contributed by atoms with van der Waals surface area (Å²) < 4.78 is 13.9. The molecule has 1 aliphatic rings. The minimum atomic E-state index is -0.116. The zero-order valence-electron chi connectivity index (χ0n) is 11.8. The van der Waals surface area contributed by atoms with Gasteiger partial charge in [0, 0.05) is 22.0 Å². The summed E-state index contributed by atoms with van der Waals surface area (Å²) in [6.45, 7) is 2.10. The average Bonchev–Trinajstić information content (AvgIpc) is 2.49. The third-order valence-electron chi connectivity index (χ3n) is 3.85. The second kappa shape index (κ2) is 6.39. The first-order valence-corrected chi connectivity index (χ1v) is 8.45. The minimum absolute atomic E-state index is 0.116. The fourth-order valence-electron chi connectivity index (χ4n) is 2.78. The van der Waals surface area contributed by atoms with Crippen molar-refractivity contribution in [2.24, 2.45) is 0 Å². The van der Waals surface area contributed by atoms with Crippen LogP contribution in [-0.2, 0) is 0 Å². The predicted molar refractivity (Wildman–Crippen MR) is 87.5 cm³/mol. The highest BCUT2D eigenvalue weighted by molar-refractivity contribution is 7.99. The van der Waals surface area contributed by atoms with Crippen LogP contribution in [0.15, 0.2) is 47.4 Å². The van der Waals surface area contributed by atoms with Crippen molar-refractivity contribution < 1.29 is 4.39 Å². The van der Waals surface area contributed by atoms with Crippen molar-refractivity contribution in [2.75, 3.05) is 5.75 Å². The van der Waals surface area contributed by atoms with Crippen LogP contribution < -0.4 is 5.32 Å². The normalized spacial score (nSPS) is 19.1. The first kappa shape index (κ1) is 14.9. The van der Waals surface area contributed by atoms with E-state index in [1.54, 1.807) is 17.8 Å². The number of benzene rings is 2. The lowest BCUT2D eigenvalue weighted by molar-refractivity contribution is 0.444. The molecule has 0 aromatic heterocycles. The summed E-state index contributed by atoms with van der Waals surface area (Å²) in [5, 5.41) is 4.36. The van der Waals surface area contributed by atoms with E-state index in [1.807, 2.05) is 30.3 Å². The van der Waals surface area contributed by atoms with Crippen molar-refractivity contribution >= 4 is 23.4 Å². The van der Waals surface area contributed by atoms with E-state index in [4.69, 9.17) is 11.6 Å². The molecule has 1 N–H and O–H groups in total. The Bertz CT molecular complexity index is 646. The monoisotopic (exact) mass is 321 g/mol. The number of fused-ring (bicyclic) bond motifs is 1. The van der Waals surface area contributed by atoms with Gasteiger partial charge in [-0.3, -0.25) is 0 Å². The van der Waals surface area contributed by atoms with Crippen molar-refractivity contribution in [1.29, 1.82) is 0 Å². The van der Waals surface area contributed by atoms with E-state index in [0.29, 0.717) is 0 Å². The van der Waals surface area contributed by atoms with Crippen molar-refractivity contribution in [1.82, 2.24) is 5.32 Å². The molecule has 0 saturated heterocycles. The molecule has 3 rings (SSSR count). The molecule has 110 valence electrons. The van der Waals surface area contributed by atoms with Gasteiger partial charge in [-0.05, 0) is 42.4 Å². The molecule has 0 fully saturated rings. The quantitative estimate of drug-likeness (QED) is 0.816. The maximum Gasteiger partial charge on any atom is 0.137 e. The van der Waals surface area contributed by atoms with Gasteiger partial charge in [0.15, 0.2) is 0 Å². The van der Waals surface area contributed by atoms with E-state index in [0.717, 1.165) is 33.2 Å². The maximum atomic E-state index is 13.9. The summed E-state index contributed by atoms with van der Waals surface area (Å²) >= 11 is 7.86. The van der Waals surface area contributed by atoms with Gasteiger partial charge in [0.25, 0.3) is 0 Å². The van der Waals surface area contributed by atoms with Crippen LogP contribution in [0.25, 0.3) is 0 Å². The van der Waals surface area contributed by atoms with Crippen molar-refractivity contribution in [2.45, 2.75) is 30.3 Å². The van der Waals surface area contributed by atoms with Crippen LogP contribution in [0.4, 0.5) is 4.39 Å². The smallest absolute Gasteiger partial charge is 0.137 e. The number of hydrogen-bond donors (Lipinski definition) is 1. The molecule has 0 saturated carbocycles. The largest absolute Gasteiger partial charge is 0.303 e. The van der Waals surface area contributed by atoms with Gasteiger partial charge in [0.1, 0.15) is 5.82 Å². The minimum Gasteiger partial charge on any atom is -0.303 e. The third kappa shape index (κ3) is 3.10. The molecule has 2 aromatic carbocycles. The summed E-state index contributed by atoms with van der Waals surface area (Å²) in [5.41, 5.74) is 2.14. The van der Waals surface area contributed by atoms with Gasteiger partial charge in [0.05, 0.1) is 0 Å². The molecule has 1 unspecified atom stereocenters. The van der Waals surface area contributed by atoms with Crippen molar-refractivity contribution in [3.05, 3.63) is 64.4 Å². The molecule has 2 aromatic rings. The summed E-state index contributed by atoms with van der Waals surface area (Å²) in [5.74, 6) is 0.815. The van der Waals surface area contributed by atoms with Gasteiger partial charge in [-0.15, -0.1) is 11.8 Å². The molecule has 2 atom stereocenters. The van der Waals surface area contributed by atoms with Crippen LogP contribution in [-0.4, -0.2) is 5.75 Å². The van der Waals surface area contributed by atoms with Crippen molar-refractivity contribution in [3.63, 3.8) is 0 Å². The highest BCUT2D eigenvalue weighted by atomic mass is 35.5. The highest BCUT2D eigenvalue weighted by Gasteiger charge is 2.24. The number of rotatable bonds is 3. The van der Waals surface area contributed by atoms with E-state index in [-0.39, 0.29) is 17.9 Å². The lowest BCUT2D eigenvalue weighted by atomic mass is 10.0. The maximum absolute atomic E-state index is 13.9. The van der Waals surface area contributed by atoms with Crippen LogP contribution in [0.2, 0.25) is 5.02 Å². The molecule has 1 heterocycles. The molecule has 4 heteroatoms. The Balaban J connectivity index is 1.84. The van der Waals surface area contributed by atoms with Crippen LogP contribution in [0, 0.1) is 5.82 Å². The molecule has 0 amide bonds. The summed E-state index contributed by atoms with van der Waals surface area (Å²) in [4.78, 5) is 0.785. The van der Waals surface area contributed by atoms with Crippen LogP contribution in [0.1, 0.15) is 36.6 Å².